The van der Waals surface area contributed by atoms with E-state index < -0.39 is 10.9 Å². The van der Waals surface area contributed by atoms with E-state index in [1.165, 1.54) is 48.5 Å². The molecule has 0 fully saturated rings. The van der Waals surface area contributed by atoms with Gasteiger partial charge in [0.25, 0.3) is 5.69 Å². The number of hydrogen-bond acceptors (Lipinski definition) is 6. The van der Waals surface area contributed by atoms with Crippen LogP contribution in [0.15, 0.2) is 72.5 Å². The minimum atomic E-state index is -0.510. The van der Waals surface area contributed by atoms with E-state index >= 15 is 0 Å². The van der Waals surface area contributed by atoms with Gasteiger partial charge in [-0.1, -0.05) is 17.7 Å². The van der Waals surface area contributed by atoms with Gasteiger partial charge in [-0.05, 0) is 55.0 Å². The molecule has 7 heteroatoms. The molecular formula is C23H15NO6. The fourth-order valence-corrected chi connectivity index (χ4v) is 3.01. The van der Waals surface area contributed by atoms with Crippen LogP contribution in [-0.2, 0) is 0 Å². The lowest BCUT2D eigenvalue weighted by atomic mass is 10.1. The molecule has 0 amide bonds. The third kappa shape index (κ3) is 3.81. The molecule has 3 aromatic rings. The first-order valence-corrected chi connectivity index (χ1v) is 9.02. The predicted molar refractivity (Wildman–Crippen MR) is 109 cm³/mol. The molecule has 4 rings (SSSR count). The quantitative estimate of drug-likeness (QED) is 0.206. The highest BCUT2D eigenvalue weighted by atomic mass is 16.6. The highest BCUT2D eigenvalue weighted by Gasteiger charge is 2.28. The Morgan fingerprint density at radius 1 is 1.07 bits per heavy atom. The number of hydrogen-bond donors (Lipinski definition) is 0. The number of fused-ring (bicyclic) bond motifs is 1. The molecule has 0 N–H and O–H groups in total. The zero-order chi connectivity index (χ0) is 21.3. The normalized spacial score (nSPS) is 13.6. The summed E-state index contributed by atoms with van der Waals surface area (Å²) >= 11 is 0. The molecule has 0 atom stereocenters. The standard InChI is InChI=1S/C23H15NO6/c1-14-3-2-4-16(11-14)23(26)29-18-9-10-19-20(13-18)30-21(22(19)25)12-15-5-7-17(8-6-15)24(27)28/h2-13H,1H3/b21-12-. The van der Waals surface area contributed by atoms with E-state index in [4.69, 9.17) is 9.47 Å². The molecule has 0 aromatic heterocycles. The molecule has 0 radical (unpaired) electrons. The maximum absolute atomic E-state index is 12.6. The zero-order valence-corrected chi connectivity index (χ0v) is 15.8. The van der Waals surface area contributed by atoms with Crippen LogP contribution in [0.4, 0.5) is 5.69 Å². The van der Waals surface area contributed by atoms with Crippen molar-refractivity contribution >= 4 is 23.5 Å². The number of carbonyl (C=O) groups is 2. The number of Topliss-reactive ketones (excluding diaryl/α,β-unsaturated/α-hetero) is 1. The smallest absolute Gasteiger partial charge is 0.343 e. The van der Waals surface area contributed by atoms with Gasteiger partial charge in [0.05, 0.1) is 16.1 Å². The average molecular weight is 401 g/mol. The molecule has 1 aliphatic heterocycles. The second-order valence-corrected chi connectivity index (χ2v) is 6.71. The van der Waals surface area contributed by atoms with E-state index in [0.29, 0.717) is 16.7 Å². The topological polar surface area (TPSA) is 95.7 Å². The second-order valence-electron chi connectivity index (χ2n) is 6.71. The highest BCUT2D eigenvalue weighted by molar-refractivity contribution is 6.14. The first-order valence-electron chi connectivity index (χ1n) is 9.02. The molecule has 1 aliphatic rings. The molecule has 148 valence electrons. The zero-order valence-electron chi connectivity index (χ0n) is 15.8. The van der Waals surface area contributed by atoms with Crippen molar-refractivity contribution in [3.63, 3.8) is 0 Å². The Kier molecular flexibility index (Phi) is 4.85. The fraction of sp³-hybridized carbons (Fsp3) is 0.0435. The van der Waals surface area contributed by atoms with Crippen molar-refractivity contribution in [2.45, 2.75) is 6.92 Å². The van der Waals surface area contributed by atoms with Gasteiger partial charge in [-0.25, -0.2) is 4.79 Å². The largest absolute Gasteiger partial charge is 0.452 e. The van der Waals surface area contributed by atoms with Crippen LogP contribution in [0.25, 0.3) is 6.08 Å². The maximum Gasteiger partial charge on any atom is 0.343 e. The van der Waals surface area contributed by atoms with Gasteiger partial charge in [-0.2, -0.15) is 0 Å². The number of allylic oxidation sites excluding steroid dienone is 1. The fourth-order valence-electron chi connectivity index (χ4n) is 3.01. The van der Waals surface area contributed by atoms with E-state index in [1.807, 2.05) is 13.0 Å². The molecule has 0 saturated heterocycles. The Labute approximate surface area is 171 Å². The van der Waals surface area contributed by atoms with Crippen molar-refractivity contribution in [3.05, 3.63) is 105 Å². The van der Waals surface area contributed by atoms with Crippen molar-refractivity contribution < 1.29 is 24.0 Å². The van der Waals surface area contributed by atoms with Crippen molar-refractivity contribution in [2.75, 3.05) is 0 Å². The summed E-state index contributed by atoms with van der Waals surface area (Å²) < 4.78 is 11.0. The first kappa shape index (κ1) is 19.1. The monoisotopic (exact) mass is 401 g/mol. The van der Waals surface area contributed by atoms with Crippen LogP contribution in [0.1, 0.15) is 31.8 Å². The van der Waals surface area contributed by atoms with Crippen LogP contribution in [0, 0.1) is 17.0 Å². The van der Waals surface area contributed by atoms with Crippen molar-refractivity contribution in [1.29, 1.82) is 0 Å². The number of esters is 1. The number of nitro groups is 1. The molecule has 1 heterocycles. The predicted octanol–water partition coefficient (Wildman–Crippen LogP) is 4.74. The summed E-state index contributed by atoms with van der Waals surface area (Å²) in [6.07, 6.45) is 1.50. The van der Waals surface area contributed by atoms with E-state index in [-0.39, 0.29) is 28.7 Å². The molecule has 7 nitrogen and oxygen atoms in total. The second kappa shape index (κ2) is 7.63. The third-order valence-corrected chi connectivity index (χ3v) is 4.51. The number of ketones is 1. The average Bonchev–Trinajstić information content (AvgIpc) is 3.03. The van der Waals surface area contributed by atoms with Gasteiger partial charge in [0, 0.05) is 18.2 Å². The summed E-state index contributed by atoms with van der Waals surface area (Å²) in [5, 5.41) is 10.7. The SMILES string of the molecule is Cc1cccc(C(=O)Oc2ccc3c(c2)O/C(=C\c2ccc([N+](=O)[O-])cc2)C3=O)c1. The number of nitrogens with zero attached hydrogens (tertiary/aromatic N) is 1. The Bertz CT molecular complexity index is 1210. The van der Waals surface area contributed by atoms with Crippen LogP contribution in [0.2, 0.25) is 0 Å². The van der Waals surface area contributed by atoms with Gasteiger partial charge in [0.2, 0.25) is 5.78 Å². The van der Waals surface area contributed by atoms with Crippen molar-refractivity contribution in [2.24, 2.45) is 0 Å². The highest BCUT2D eigenvalue weighted by Crippen LogP contribution is 2.35. The molecule has 0 unspecified atom stereocenters. The van der Waals surface area contributed by atoms with E-state index in [2.05, 4.69) is 0 Å². The molecule has 0 aliphatic carbocycles. The van der Waals surface area contributed by atoms with Gasteiger partial charge in [-0.15, -0.1) is 0 Å². The maximum atomic E-state index is 12.6. The number of aryl methyl sites for hydroxylation is 1. The van der Waals surface area contributed by atoms with E-state index in [1.54, 1.807) is 18.2 Å². The van der Waals surface area contributed by atoms with E-state index in [9.17, 15) is 19.7 Å². The summed E-state index contributed by atoms with van der Waals surface area (Å²) in [5.74, 6) is -0.210. The molecule has 3 aromatic carbocycles. The Hall–Kier alpha value is -4.26. The molecule has 30 heavy (non-hydrogen) atoms. The van der Waals surface area contributed by atoms with Crippen molar-refractivity contribution in [3.8, 4) is 11.5 Å². The van der Waals surface area contributed by atoms with Gasteiger partial charge in [-0.3, -0.25) is 14.9 Å². The number of carbonyl (C=O) groups excluding carboxylic acids is 2. The first-order chi connectivity index (χ1) is 14.4. The number of ether oxygens (including phenoxy) is 2. The number of nitro benzene ring substituents is 1. The molecule has 0 spiro atoms. The number of rotatable bonds is 4. The van der Waals surface area contributed by atoms with Crippen LogP contribution in [0.3, 0.4) is 0 Å². The summed E-state index contributed by atoms with van der Waals surface area (Å²) in [5.41, 5.74) is 2.25. The van der Waals surface area contributed by atoms with E-state index in [0.717, 1.165) is 5.56 Å². The Balaban J connectivity index is 1.53. The lowest BCUT2D eigenvalue weighted by Gasteiger charge is -2.06. The minimum absolute atomic E-state index is 0.0424. The number of non-ortho nitro benzene ring substituents is 1. The minimum Gasteiger partial charge on any atom is -0.452 e. The van der Waals surface area contributed by atoms with Crippen LogP contribution < -0.4 is 9.47 Å². The Morgan fingerprint density at radius 3 is 2.53 bits per heavy atom. The molecule has 0 saturated carbocycles. The molecular weight excluding hydrogens is 386 g/mol. The summed E-state index contributed by atoms with van der Waals surface area (Å²) in [6.45, 7) is 1.88. The molecule has 0 bridgehead atoms. The van der Waals surface area contributed by atoms with Gasteiger partial charge in [0.1, 0.15) is 11.5 Å². The van der Waals surface area contributed by atoms with Crippen LogP contribution in [-0.4, -0.2) is 16.7 Å². The third-order valence-electron chi connectivity index (χ3n) is 4.51. The van der Waals surface area contributed by atoms with Crippen LogP contribution >= 0.6 is 0 Å². The van der Waals surface area contributed by atoms with Crippen LogP contribution in [0.5, 0.6) is 11.5 Å². The Morgan fingerprint density at radius 2 is 1.83 bits per heavy atom. The van der Waals surface area contributed by atoms with Gasteiger partial charge >= 0.3 is 5.97 Å². The van der Waals surface area contributed by atoms with Gasteiger partial charge in [0.15, 0.2) is 5.76 Å². The lowest BCUT2D eigenvalue weighted by molar-refractivity contribution is -0.384. The van der Waals surface area contributed by atoms with Gasteiger partial charge < -0.3 is 9.47 Å². The van der Waals surface area contributed by atoms with Crippen molar-refractivity contribution in [1.82, 2.24) is 0 Å². The number of benzene rings is 3. The summed E-state index contributed by atoms with van der Waals surface area (Å²) in [6, 6.07) is 17.3. The lowest BCUT2D eigenvalue weighted by Crippen LogP contribution is -2.08. The summed E-state index contributed by atoms with van der Waals surface area (Å²) in [7, 11) is 0. The summed E-state index contributed by atoms with van der Waals surface area (Å²) in [4.78, 5) is 35.1.